The third-order valence-electron chi connectivity index (χ3n) is 5.43. The molecule has 4 heteroatoms. The van der Waals surface area contributed by atoms with Gasteiger partial charge in [0.1, 0.15) is 0 Å². The third kappa shape index (κ3) is 3.20. The van der Waals surface area contributed by atoms with Crippen LogP contribution in [0, 0.1) is 0 Å². The van der Waals surface area contributed by atoms with E-state index in [2.05, 4.69) is 59.2 Å². The number of nitrogens with one attached hydrogen (secondary N) is 2. The van der Waals surface area contributed by atoms with E-state index in [4.69, 9.17) is 0 Å². The standard InChI is InChI=1S/C21H24N2O2/c24-13-15-11-14(12-22-15)23-21(25)10-9-20-18-7-3-1-5-16(18)17-6-2-4-8-19(17)20/h1-8,14-15,20,22,24H,9-13H2,(H,23,25)/t14-,15-/m0/s1. The molecule has 0 unspecified atom stereocenters. The van der Waals surface area contributed by atoms with Gasteiger partial charge in [0.05, 0.1) is 6.61 Å². The van der Waals surface area contributed by atoms with Crippen molar-refractivity contribution in [3.8, 4) is 11.1 Å². The Kier molecular flexibility index (Phi) is 4.55. The molecule has 2 aromatic rings. The lowest BCUT2D eigenvalue weighted by Gasteiger charge is -2.15. The van der Waals surface area contributed by atoms with Crippen molar-refractivity contribution in [1.82, 2.24) is 10.6 Å². The van der Waals surface area contributed by atoms with Gasteiger partial charge in [-0.3, -0.25) is 4.79 Å². The normalized spacial score (nSPS) is 21.8. The molecule has 1 amide bonds. The fourth-order valence-corrected chi connectivity index (χ4v) is 4.21. The van der Waals surface area contributed by atoms with Crippen LogP contribution in [0.2, 0.25) is 0 Å². The number of aliphatic hydroxyl groups excluding tert-OH is 1. The van der Waals surface area contributed by atoms with Crippen molar-refractivity contribution in [3.05, 3.63) is 59.7 Å². The summed E-state index contributed by atoms with van der Waals surface area (Å²) in [5.41, 5.74) is 5.27. The van der Waals surface area contributed by atoms with Crippen molar-refractivity contribution in [2.45, 2.75) is 37.3 Å². The first kappa shape index (κ1) is 16.3. The number of benzene rings is 2. The van der Waals surface area contributed by atoms with E-state index in [0.717, 1.165) is 19.4 Å². The van der Waals surface area contributed by atoms with Crippen molar-refractivity contribution < 1.29 is 9.90 Å². The third-order valence-corrected chi connectivity index (χ3v) is 5.43. The number of carbonyl (C=O) groups is 1. The number of rotatable bonds is 5. The molecule has 2 aliphatic rings. The average Bonchev–Trinajstić information content (AvgIpc) is 3.22. The fourth-order valence-electron chi connectivity index (χ4n) is 4.21. The molecule has 2 aromatic carbocycles. The first-order valence-electron chi connectivity index (χ1n) is 9.08. The zero-order chi connectivity index (χ0) is 17.2. The second-order valence-corrected chi connectivity index (χ2v) is 7.05. The molecule has 1 saturated heterocycles. The molecule has 4 nitrogen and oxygen atoms in total. The highest BCUT2D eigenvalue weighted by molar-refractivity contribution is 5.80. The molecule has 0 radical (unpaired) electrons. The predicted octanol–water partition coefficient (Wildman–Crippen LogP) is 2.42. The van der Waals surface area contributed by atoms with E-state index in [9.17, 15) is 9.90 Å². The van der Waals surface area contributed by atoms with E-state index in [-0.39, 0.29) is 24.6 Å². The largest absolute Gasteiger partial charge is 0.395 e. The highest BCUT2D eigenvalue weighted by Gasteiger charge is 2.29. The van der Waals surface area contributed by atoms with E-state index in [1.165, 1.54) is 22.3 Å². The minimum atomic E-state index is 0.104. The second kappa shape index (κ2) is 6.98. The molecule has 0 spiro atoms. The van der Waals surface area contributed by atoms with Crippen molar-refractivity contribution >= 4 is 5.91 Å². The molecule has 0 bridgehead atoms. The van der Waals surface area contributed by atoms with Gasteiger partial charge in [0.2, 0.25) is 5.91 Å². The average molecular weight is 336 g/mol. The molecule has 1 fully saturated rings. The molecule has 0 saturated carbocycles. The number of aliphatic hydroxyl groups is 1. The molecule has 130 valence electrons. The molecule has 3 N–H and O–H groups in total. The lowest BCUT2D eigenvalue weighted by atomic mass is 9.92. The number of fused-ring (bicyclic) bond motifs is 3. The van der Waals surface area contributed by atoms with Gasteiger partial charge in [-0.2, -0.15) is 0 Å². The summed E-state index contributed by atoms with van der Waals surface area (Å²) in [7, 11) is 0. The van der Waals surface area contributed by atoms with Crippen LogP contribution in [0.3, 0.4) is 0 Å². The fraction of sp³-hybridized carbons (Fsp3) is 0.381. The summed E-state index contributed by atoms with van der Waals surface area (Å²) in [4.78, 5) is 12.4. The highest BCUT2D eigenvalue weighted by atomic mass is 16.3. The predicted molar refractivity (Wildman–Crippen MR) is 98.4 cm³/mol. The summed E-state index contributed by atoms with van der Waals surface area (Å²) in [5, 5.41) is 15.5. The Morgan fingerprint density at radius 3 is 2.32 bits per heavy atom. The topological polar surface area (TPSA) is 61.4 Å². The Morgan fingerprint density at radius 1 is 1.08 bits per heavy atom. The molecule has 0 aromatic heterocycles. The molecule has 1 aliphatic carbocycles. The lowest BCUT2D eigenvalue weighted by Crippen LogP contribution is -2.36. The van der Waals surface area contributed by atoms with Gasteiger partial charge in [-0.1, -0.05) is 48.5 Å². The van der Waals surface area contributed by atoms with Crippen LogP contribution in [0.1, 0.15) is 36.3 Å². The Hall–Kier alpha value is -2.17. The number of hydrogen-bond donors (Lipinski definition) is 3. The first-order chi connectivity index (χ1) is 12.3. The van der Waals surface area contributed by atoms with Crippen LogP contribution in [-0.2, 0) is 4.79 Å². The molecule has 1 heterocycles. The quantitative estimate of drug-likeness (QED) is 0.786. The van der Waals surface area contributed by atoms with Gasteiger partial charge in [0, 0.05) is 31.0 Å². The Bertz CT molecular complexity index is 728. The van der Waals surface area contributed by atoms with Gasteiger partial charge in [-0.25, -0.2) is 0 Å². The Labute approximate surface area is 148 Å². The smallest absolute Gasteiger partial charge is 0.220 e. The van der Waals surface area contributed by atoms with Crippen molar-refractivity contribution in [2.75, 3.05) is 13.2 Å². The summed E-state index contributed by atoms with van der Waals surface area (Å²) in [5.74, 6) is 0.400. The van der Waals surface area contributed by atoms with Crippen LogP contribution in [0.25, 0.3) is 11.1 Å². The van der Waals surface area contributed by atoms with Crippen LogP contribution in [0.4, 0.5) is 0 Å². The van der Waals surface area contributed by atoms with Gasteiger partial charge in [0.15, 0.2) is 0 Å². The molecule has 1 aliphatic heterocycles. The zero-order valence-corrected chi connectivity index (χ0v) is 14.2. The van der Waals surface area contributed by atoms with Crippen LogP contribution < -0.4 is 10.6 Å². The summed E-state index contributed by atoms with van der Waals surface area (Å²) in [6.45, 7) is 0.869. The van der Waals surface area contributed by atoms with E-state index < -0.39 is 0 Å². The molecule has 4 rings (SSSR count). The van der Waals surface area contributed by atoms with Crippen molar-refractivity contribution in [1.29, 1.82) is 0 Å². The molecular formula is C21H24N2O2. The van der Waals surface area contributed by atoms with Crippen LogP contribution in [-0.4, -0.2) is 36.2 Å². The molecular weight excluding hydrogens is 312 g/mol. The second-order valence-electron chi connectivity index (χ2n) is 7.05. The summed E-state index contributed by atoms with van der Waals surface area (Å²) in [6, 6.07) is 17.3. The SMILES string of the molecule is O=C(CCC1c2ccccc2-c2ccccc21)N[C@@H]1CN[C@H](CO)C1. The van der Waals surface area contributed by atoms with Crippen molar-refractivity contribution in [2.24, 2.45) is 0 Å². The van der Waals surface area contributed by atoms with Gasteiger partial charge in [-0.05, 0) is 35.1 Å². The molecule has 2 atom stereocenters. The van der Waals surface area contributed by atoms with E-state index in [0.29, 0.717) is 12.3 Å². The van der Waals surface area contributed by atoms with E-state index in [1.807, 2.05) is 0 Å². The maximum atomic E-state index is 12.4. The van der Waals surface area contributed by atoms with Crippen LogP contribution in [0.5, 0.6) is 0 Å². The molecule has 25 heavy (non-hydrogen) atoms. The first-order valence-corrected chi connectivity index (χ1v) is 9.08. The monoisotopic (exact) mass is 336 g/mol. The van der Waals surface area contributed by atoms with Gasteiger partial charge in [0.25, 0.3) is 0 Å². The van der Waals surface area contributed by atoms with E-state index in [1.54, 1.807) is 0 Å². The maximum absolute atomic E-state index is 12.4. The van der Waals surface area contributed by atoms with Crippen molar-refractivity contribution in [3.63, 3.8) is 0 Å². The summed E-state index contributed by atoms with van der Waals surface area (Å²) >= 11 is 0. The number of hydrogen-bond acceptors (Lipinski definition) is 3. The maximum Gasteiger partial charge on any atom is 0.220 e. The Morgan fingerprint density at radius 2 is 1.72 bits per heavy atom. The summed E-state index contributed by atoms with van der Waals surface area (Å²) in [6.07, 6.45) is 2.15. The minimum Gasteiger partial charge on any atom is -0.395 e. The Balaban J connectivity index is 1.42. The van der Waals surface area contributed by atoms with Gasteiger partial charge >= 0.3 is 0 Å². The summed E-state index contributed by atoms with van der Waals surface area (Å²) < 4.78 is 0. The zero-order valence-electron chi connectivity index (χ0n) is 14.2. The lowest BCUT2D eigenvalue weighted by molar-refractivity contribution is -0.121. The minimum absolute atomic E-state index is 0.104. The van der Waals surface area contributed by atoms with Crippen LogP contribution in [0.15, 0.2) is 48.5 Å². The highest BCUT2D eigenvalue weighted by Crippen LogP contribution is 2.46. The number of carbonyl (C=O) groups excluding carboxylic acids is 1. The van der Waals surface area contributed by atoms with Gasteiger partial charge in [-0.15, -0.1) is 0 Å². The van der Waals surface area contributed by atoms with Gasteiger partial charge < -0.3 is 15.7 Å². The van der Waals surface area contributed by atoms with Crippen LogP contribution >= 0.6 is 0 Å². The number of amides is 1. The van der Waals surface area contributed by atoms with E-state index >= 15 is 0 Å².